The topological polar surface area (TPSA) is 41.6 Å². The van der Waals surface area contributed by atoms with E-state index in [0.29, 0.717) is 5.56 Å². The van der Waals surface area contributed by atoms with Crippen LogP contribution in [0.5, 0.6) is 5.75 Å². The molecule has 2 heterocycles. The number of fused-ring (bicyclic) bond motifs is 2. The van der Waals surface area contributed by atoms with Crippen LogP contribution in [0.25, 0.3) is 6.08 Å². The number of para-hydroxylation sites is 2. The van der Waals surface area contributed by atoms with Gasteiger partial charge >= 0.3 is 0 Å². The van der Waals surface area contributed by atoms with Crippen LogP contribution in [-0.2, 0) is 5.41 Å². The van der Waals surface area contributed by atoms with Crippen LogP contribution in [0.15, 0.2) is 78.9 Å². The molecule has 2 aliphatic heterocycles. The molecule has 5 rings (SSSR count). The summed E-state index contributed by atoms with van der Waals surface area (Å²) in [6, 6.07) is 23.5. The summed E-state index contributed by atoms with van der Waals surface area (Å²) in [5.41, 5.74) is 3.87. The lowest BCUT2D eigenvalue weighted by Gasteiger charge is -2.45. The molecule has 1 unspecified atom stereocenters. The molecule has 1 atom stereocenters. The summed E-state index contributed by atoms with van der Waals surface area (Å²) in [4.78, 5) is 14.9. The van der Waals surface area contributed by atoms with E-state index in [0.717, 1.165) is 17.0 Å². The number of carbonyl (C=O) groups excluding carboxylic acids is 1. The number of likely N-dealkylation sites (N-methyl/N-ethyl adjacent to an activating group) is 1. The van der Waals surface area contributed by atoms with Crippen molar-refractivity contribution in [2.75, 3.05) is 17.3 Å². The summed E-state index contributed by atoms with van der Waals surface area (Å²) in [6.07, 6.45) is 4.19. The number of hydrogen-bond acceptors (Lipinski definition) is 3. The summed E-state index contributed by atoms with van der Waals surface area (Å²) in [5.74, 6) is 0.643. The van der Waals surface area contributed by atoms with Gasteiger partial charge in [0.25, 0.3) is 5.91 Å². The van der Waals surface area contributed by atoms with E-state index in [4.69, 9.17) is 4.74 Å². The van der Waals surface area contributed by atoms with E-state index in [1.807, 2.05) is 48.5 Å². The molecule has 3 aromatic carbocycles. The van der Waals surface area contributed by atoms with Gasteiger partial charge in [-0.15, -0.1) is 0 Å². The van der Waals surface area contributed by atoms with Gasteiger partial charge < -0.3 is 15.0 Å². The molecular formula is C26H24N2O2. The van der Waals surface area contributed by atoms with Crippen LogP contribution in [0.1, 0.15) is 35.3 Å². The molecule has 1 spiro atoms. The number of amides is 1. The first kappa shape index (κ1) is 18.5. The van der Waals surface area contributed by atoms with Gasteiger partial charge in [-0.2, -0.15) is 0 Å². The van der Waals surface area contributed by atoms with E-state index < -0.39 is 5.72 Å². The molecule has 0 aromatic heterocycles. The summed E-state index contributed by atoms with van der Waals surface area (Å²) >= 11 is 0. The zero-order valence-corrected chi connectivity index (χ0v) is 17.3. The van der Waals surface area contributed by atoms with Gasteiger partial charge in [-0.05, 0) is 68.0 Å². The van der Waals surface area contributed by atoms with Crippen LogP contribution in [0, 0.1) is 0 Å². The molecule has 30 heavy (non-hydrogen) atoms. The maximum Gasteiger partial charge on any atom is 0.255 e. The molecule has 0 bridgehead atoms. The first-order valence-electron chi connectivity index (χ1n) is 10.1. The zero-order valence-electron chi connectivity index (χ0n) is 17.3. The highest BCUT2D eigenvalue weighted by Crippen LogP contribution is 2.54. The molecule has 1 N–H and O–H groups in total. The maximum absolute atomic E-state index is 12.7. The molecule has 0 aliphatic carbocycles. The van der Waals surface area contributed by atoms with Crippen molar-refractivity contribution in [3.63, 3.8) is 0 Å². The Hall–Kier alpha value is -3.53. The van der Waals surface area contributed by atoms with Crippen LogP contribution in [0.3, 0.4) is 0 Å². The van der Waals surface area contributed by atoms with E-state index in [9.17, 15) is 4.79 Å². The number of ether oxygens (including phenoxy) is 1. The second-order valence-corrected chi connectivity index (χ2v) is 8.41. The highest BCUT2D eigenvalue weighted by atomic mass is 16.5. The second kappa shape index (κ2) is 6.49. The predicted molar refractivity (Wildman–Crippen MR) is 121 cm³/mol. The largest absolute Gasteiger partial charge is 0.463 e. The third-order valence-corrected chi connectivity index (χ3v) is 6.39. The van der Waals surface area contributed by atoms with Crippen molar-refractivity contribution in [2.45, 2.75) is 25.0 Å². The average Bonchev–Trinajstić information content (AvgIpc) is 2.93. The summed E-state index contributed by atoms with van der Waals surface area (Å²) in [6.45, 7) is 4.43. The maximum atomic E-state index is 12.7. The van der Waals surface area contributed by atoms with Gasteiger partial charge in [-0.3, -0.25) is 4.79 Å². The number of carbonyl (C=O) groups is 1. The molecule has 2 aliphatic rings. The third-order valence-electron chi connectivity index (χ3n) is 6.39. The Bertz CT molecular complexity index is 1170. The Morgan fingerprint density at radius 2 is 1.70 bits per heavy atom. The van der Waals surface area contributed by atoms with Gasteiger partial charge in [0.15, 0.2) is 0 Å². The Kier molecular flexibility index (Phi) is 4.00. The Balaban J connectivity index is 1.47. The number of nitrogens with zero attached hydrogens (tertiary/aromatic N) is 1. The molecule has 4 heteroatoms. The standard InChI is InChI=1S/C26H24N2O2/c1-25(2)21-11-7-8-12-22(21)28(3)26(25)16-15-18-17-19(13-14-23(18)30-26)24(29)27-20-9-5-4-6-10-20/h4-17H,1-3H3,(H,27,29). The van der Waals surface area contributed by atoms with Crippen molar-refractivity contribution in [1.82, 2.24) is 0 Å². The number of rotatable bonds is 2. The van der Waals surface area contributed by atoms with Crippen LogP contribution in [0.2, 0.25) is 0 Å². The van der Waals surface area contributed by atoms with Crippen LogP contribution < -0.4 is 15.0 Å². The molecule has 0 fully saturated rings. The molecule has 4 nitrogen and oxygen atoms in total. The summed E-state index contributed by atoms with van der Waals surface area (Å²) in [5, 5.41) is 2.93. The van der Waals surface area contributed by atoms with Crippen molar-refractivity contribution < 1.29 is 9.53 Å². The number of benzene rings is 3. The fourth-order valence-corrected chi connectivity index (χ4v) is 4.64. The lowest BCUT2D eigenvalue weighted by Crippen LogP contribution is -2.58. The minimum atomic E-state index is -0.614. The van der Waals surface area contributed by atoms with Gasteiger partial charge in [0.2, 0.25) is 5.72 Å². The number of anilines is 2. The quantitative estimate of drug-likeness (QED) is 0.625. The van der Waals surface area contributed by atoms with E-state index in [1.54, 1.807) is 0 Å². The van der Waals surface area contributed by atoms with Crippen LogP contribution in [-0.4, -0.2) is 18.7 Å². The van der Waals surface area contributed by atoms with Gasteiger partial charge in [0.05, 0.1) is 5.41 Å². The minimum absolute atomic E-state index is 0.136. The highest BCUT2D eigenvalue weighted by Gasteiger charge is 2.57. The fraction of sp³-hybridized carbons (Fsp3) is 0.192. The van der Waals surface area contributed by atoms with Crippen LogP contribution in [0.4, 0.5) is 11.4 Å². The lowest BCUT2D eigenvalue weighted by atomic mass is 9.76. The van der Waals surface area contributed by atoms with Crippen LogP contribution >= 0.6 is 0 Å². The normalized spacial score (nSPS) is 20.4. The monoisotopic (exact) mass is 396 g/mol. The van der Waals surface area contributed by atoms with Crippen molar-refractivity contribution in [3.05, 3.63) is 95.6 Å². The third kappa shape index (κ3) is 2.57. The Morgan fingerprint density at radius 3 is 2.47 bits per heavy atom. The van der Waals surface area contributed by atoms with Crippen molar-refractivity contribution >= 4 is 23.4 Å². The molecule has 0 saturated carbocycles. The lowest BCUT2D eigenvalue weighted by molar-refractivity contribution is 0.0581. The highest BCUT2D eigenvalue weighted by molar-refractivity contribution is 6.04. The molecule has 150 valence electrons. The summed E-state index contributed by atoms with van der Waals surface area (Å²) < 4.78 is 6.65. The van der Waals surface area contributed by atoms with Crippen molar-refractivity contribution in [2.24, 2.45) is 0 Å². The molecule has 3 aromatic rings. The number of nitrogens with one attached hydrogen (secondary N) is 1. The Labute approximate surface area is 176 Å². The first-order chi connectivity index (χ1) is 14.4. The van der Waals surface area contributed by atoms with Gasteiger partial charge in [0.1, 0.15) is 5.75 Å². The van der Waals surface area contributed by atoms with E-state index >= 15 is 0 Å². The van der Waals surface area contributed by atoms with Gasteiger partial charge in [0, 0.05) is 29.5 Å². The minimum Gasteiger partial charge on any atom is -0.463 e. The smallest absolute Gasteiger partial charge is 0.255 e. The average molecular weight is 396 g/mol. The van der Waals surface area contributed by atoms with E-state index in [1.165, 1.54) is 11.3 Å². The number of hydrogen-bond donors (Lipinski definition) is 1. The summed E-state index contributed by atoms with van der Waals surface area (Å²) in [7, 11) is 2.07. The SMILES string of the molecule is CN1c2ccccc2C(C)(C)C12C=Cc1cc(C(=O)Nc3ccccc3)ccc1O2. The van der Waals surface area contributed by atoms with E-state index in [-0.39, 0.29) is 11.3 Å². The van der Waals surface area contributed by atoms with Gasteiger partial charge in [-0.25, -0.2) is 0 Å². The Morgan fingerprint density at radius 1 is 0.967 bits per heavy atom. The second-order valence-electron chi connectivity index (χ2n) is 8.41. The van der Waals surface area contributed by atoms with Crippen molar-refractivity contribution in [3.8, 4) is 5.75 Å². The molecule has 0 saturated heterocycles. The molecule has 1 amide bonds. The van der Waals surface area contributed by atoms with Gasteiger partial charge in [-0.1, -0.05) is 36.4 Å². The molecule has 0 radical (unpaired) electrons. The molecular weight excluding hydrogens is 372 g/mol. The van der Waals surface area contributed by atoms with Crippen molar-refractivity contribution in [1.29, 1.82) is 0 Å². The first-order valence-corrected chi connectivity index (χ1v) is 10.1. The predicted octanol–water partition coefficient (Wildman–Crippen LogP) is 5.47. The van der Waals surface area contributed by atoms with E-state index in [2.05, 4.69) is 67.5 Å². The zero-order chi connectivity index (χ0) is 20.9. The fourth-order valence-electron chi connectivity index (χ4n) is 4.64.